The Morgan fingerprint density at radius 2 is 2.00 bits per heavy atom. The molecular weight excluding hydrogens is 172 g/mol. The van der Waals surface area contributed by atoms with Gasteiger partial charge in [0.1, 0.15) is 5.78 Å². The number of allylic oxidation sites excluding steroid dienone is 3. The van der Waals surface area contributed by atoms with Crippen LogP contribution in [-0.4, -0.2) is 5.78 Å². The van der Waals surface area contributed by atoms with Gasteiger partial charge >= 0.3 is 0 Å². The van der Waals surface area contributed by atoms with E-state index in [-0.39, 0.29) is 11.3 Å². The number of hydrogen-bond acceptors (Lipinski definition) is 1. The predicted molar refractivity (Wildman–Crippen MR) is 62.2 cm³/mol. The molecule has 0 aromatic carbocycles. The first-order valence-electron chi connectivity index (χ1n) is 5.20. The van der Waals surface area contributed by atoms with Gasteiger partial charge in [-0.05, 0) is 11.8 Å². The van der Waals surface area contributed by atoms with Crippen molar-refractivity contribution in [3.8, 4) is 0 Å². The number of rotatable bonds is 5. The van der Waals surface area contributed by atoms with Crippen LogP contribution in [0, 0.1) is 11.3 Å². The maximum absolute atomic E-state index is 11.7. The Labute approximate surface area is 87.9 Å². The van der Waals surface area contributed by atoms with Crippen molar-refractivity contribution < 1.29 is 4.79 Å². The normalized spacial score (nSPS) is 14.3. The largest absolute Gasteiger partial charge is 0.299 e. The van der Waals surface area contributed by atoms with Crippen molar-refractivity contribution in [1.82, 2.24) is 0 Å². The van der Waals surface area contributed by atoms with Gasteiger partial charge in [0.2, 0.25) is 0 Å². The molecular formula is C13H22O. The Kier molecular flexibility index (Phi) is 5.44. The summed E-state index contributed by atoms with van der Waals surface area (Å²) in [6, 6.07) is 0. The van der Waals surface area contributed by atoms with E-state index in [2.05, 4.69) is 27.4 Å². The Hall–Kier alpha value is -0.850. The van der Waals surface area contributed by atoms with Crippen LogP contribution in [0.1, 0.15) is 40.5 Å². The van der Waals surface area contributed by atoms with Crippen LogP contribution in [0.2, 0.25) is 0 Å². The van der Waals surface area contributed by atoms with Crippen molar-refractivity contribution in [2.24, 2.45) is 11.3 Å². The molecule has 1 atom stereocenters. The first kappa shape index (κ1) is 13.2. The maximum Gasteiger partial charge on any atom is 0.136 e. The fraction of sp³-hybridized carbons (Fsp3) is 0.615. The summed E-state index contributed by atoms with van der Waals surface area (Å²) in [4.78, 5) is 11.7. The summed E-state index contributed by atoms with van der Waals surface area (Å²) in [7, 11) is 0. The highest BCUT2D eigenvalue weighted by molar-refractivity contribution is 5.81. The van der Waals surface area contributed by atoms with E-state index in [0.717, 1.165) is 6.42 Å². The monoisotopic (exact) mass is 194 g/mol. The lowest BCUT2D eigenvalue weighted by Gasteiger charge is -2.25. The van der Waals surface area contributed by atoms with Gasteiger partial charge in [-0.1, -0.05) is 52.5 Å². The predicted octanol–water partition coefficient (Wildman–Crippen LogP) is 3.76. The lowest BCUT2D eigenvalue weighted by atomic mass is 9.78. The quantitative estimate of drug-likeness (QED) is 0.609. The lowest BCUT2D eigenvalue weighted by Crippen LogP contribution is -2.25. The molecule has 0 bridgehead atoms. The highest BCUT2D eigenvalue weighted by Gasteiger charge is 2.25. The SMILES string of the molecule is C=CC=CCCC(=O)C(C)C(C)(C)C. The van der Waals surface area contributed by atoms with Gasteiger partial charge in [0.15, 0.2) is 0 Å². The Balaban J connectivity index is 3.97. The third-order valence-corrected chi connectivity index (χ3v) is 2.61. The van der Waals surface area contributed by atoms with E-state index in [4.69, 9.17) is 0 Å². The van der Waals surface area contributed by atoms with Gasteiger partial charge in [-0.3, -0.25) is 4.79 Å². The second kappa shape index (κ2) is 5.79. The molecule has 0 aromatic rings. The van der Waals surface area contributed by atoms with Crippen LogP contribution in [0.4, 0.5) is 0 Å². The fourth-order valence-corrected chi connectivity index (χ4v) is 1.12. The van der Waals surface area contributed by atoms with Gasteiger partial charge in [0.05, 0.1) is 0 Å². The van der Waals surface area contributed by atoms with Crippen molar-refractivity contribution >= 4 is 5.78 Å². The Bertz CT molecular complexity index is 218. The van der Waals surface area contributed by atoms with Crippen LogP contribution in [-0.2, 0) is 4.79 Å². The zero-order valence-corrected chi connectivity index (χ0v) is 9.84. The molecule has 0 aliphatic rings. The molecule has 0 aliphatic heterocycles. The molecule has 0 fully saturated rings. The molecule has 1 heteroatoms. The smallest absolute Gasteiger partial charge is 0.136 e. The summed E-state index contributed by atoms with van der Waals surface area (Å²) in [6.45, 7) is 11.9. The van der Waals surface area contributed by atoms with E-state index >= 15 is 0 Å². The van der Waals surface area contributed by atoms with Crippen molar-refractivity contribution in [1.29, 1.82) is 0 Å². The van der Waals surface area contributed by atoms with E-state index in [1.54, 1.807) is 6.08 Å². The number of carbonyl (C=O) groups excluding carboxylic acids is 1. The summed E-state index contributed by atoms with van der Waals surface area (Å²) < 4.78 is 0. The molecule has 1 unspecified atom stereocenters. The van der Waals surface area contributed by atoms with E-state index in [1.165, 1.54) is 0 Å². The topological polar surface area (TPSA) is 17.1 Å². The second-order valence-electron chi connectivity index (χ2n) is 4.76. The van der Waals surface area contributed by atoms with Crippen molar-refractivity contribution in [2.45, 2.75) is 40.5 Å². The standard InChI is InChI=1S/C13H22O/c1-6-7-8-9-10-12(14)11(2)13(3,4)5/h6-8,11H,1,9-10H2,2-5H3. The van der Waals surface area contributed by atoms with Gasteiger partial charge in [0, 0.05) is 12.3 Å². The third-order valence-electron chi connectivity index (χ3n) is 2.61. The molecule has 0 radical (unpaired) electrons. The number of hydrogen-bond donors (Lipinski definition) is 0. The minimum absolute atomic E-state index is 0.0826. The number of carbonyl (C=O) groups is 1. The Morgan fingerprint density at radius 1 is 1.43 bits per heavy atom. The first-order valence-corrected chi connectivity index (χ1v) is 5.20. The lowest BCUT2D eigenvalue weighted by molar-refractivity contribution is -0.125. The molecule has 14 heavy (non-hydrogen) atoms. The summed E-state index contributed by atoms with van der Waals surface area (Å²) in [5.41, 5.74) is 0.0826. The van der Waals surface area contributed by atoms with E-state index in [9.17, 15) is 4.79 Å². The molecule has 0 aromatic heterocycles. The van der Waals surface area contributed by atoms with Crippen LogP contribution in [0.15, 0.2) is 24.8 Å². The zero-order valence-electron chi connectivity index (χ0n) is 9.84. The van der Waals surface area contributed by atoms with E-state index in [0.29, 0.717) is 12.2 Å². The molecule has 0 rings (SSSR count). The summed E-state index contributed by atoms with van der Waals surface area (Å²) in [5, 5.41) is 0. The molecule has 80 valence electrons. The molecule has 0 amide bonds. The van der Waals surface area contributed by atoms with Crippen LogP contribution >= 0.6 is 0 Å². The summed E-state index contributed by atoms with van der Waals surface area (Å²) in [5.74, 6) is 0.492. The minimum atomic E-state index is 0.0826. The van der Waals surface area contributed by atoms with Gasteiger partial charge in [-0.15, -0.1) is 0 Å². The number of ketones is 1. The fourth-order valence-electron chi connectivity index (χ4n) is 1.12. The number of Topliss-reactive ketones (excluding diaryl/α,β-unsaturated/α-hetero) is 1. The van der Waals surface area contributed by atoms with Crippen molar-refractivity contribution in [2.75, 3.05) is 0 Å². The van der Waals surface area contributed by atoms with Crippen molar-refractivity contribution in [3.63, 3.8) is 0 Å². The summed E-state index contributed by atoms with van der Waals surface area (Å²) in [6.07, 6.45) is 7.07. The molecule has 0 saturated carbocycles. The van der Waals surface area contributed by atoms with Crippen molar-refractivity contribution in [3.05, 3.63) is 24.8 Å². The molecule has 0 N–H and O–H groups in total. The highest BCUT2D eigenvalue weighted by Crippen LogP contribution is 2.27. The van der Waals surface area contributed by atoms with Gasteiger partial charge < -0.3 is 0 Å². The van der Waals surface area contributed by atoms with Gasteiger partial charge in [-0.25, -0.2) is 0 Å². The van der Waals surface area contributed by atoms with Crippen LogP contribution < -0.4 is 0 Å². The maximum atomic E-state index is 11.7. The minimum Gasteiger partial charge on any atom is -0.299 e. The average molecular weight is 194 g/mol. The van der Waals surface area contributed by atoms with Gasteiger partial charge in [0.25, 0.3) is 0 Å². The van der Waals surface area contributed by atoms with Gasteiger partial charge in [-0.2, -0.15) is 0 Å². The molecule has 0 saturated heterocycles. The van der Waals surface area contributed by atoms with Crippen LogP contribution in [0.25, 0.3) is 0 Å². The molecule has 0 aliphatic carbocycles. The van der Waals surface area contributed by atoms with Crippen LogP contribution in [0.3, 0.4) is 0 Å². The van der Waals surface area contributed by atoms with E-state index in [1.807, 2.05) is 19.1 Å². The highest BCUT2D eigenvalue weighted by atomic mass is 16.1. The summed E-state index contributed by atoms with van der Waals surface area (Å²) >= 11 is 0. The molecule has 1 nitrogen and oxygen atoms in total. The average Bonchev–Trinajstić information content (AvgIpc) is 2.09. The molecule has 0 heterocycles. The first-order chi connectivity index (χ1) is 6.39. The zero-order chi connectivity index (χ0) is 11.2. The second-order valence-corrected chi connectivity index (χ2v) is 4.76. The van der Waals surface area contributed by atoms with E-state index < -0.39 is 0 Å². The third kappa shape index (κ3) is 5.00. The molecule has 0 spiro atoms. The Morgan fingerprint density at radius 3 is 2.43 bits per heavy atom. The van der Waals surface area contributed by atoms with Crippen LogP contribution in [0.5, 0.6) is 0 Å².